The molecule has 13 heavy (non-hydrogen) atoms. The summed E-state index contributed by atoms with van der Waals surface area (Å²) in [6, 6.07) is 1.43. The first kappa shape index (κ1) is 10.8. The molecule has 0 spiro atoms. The molecule has 1 N–H and O–H groups in total. The molecular weight excluding hydrogens is 234 g/mol. The maximum atomic E-state index is 9.28. The summed E-state index contributed by atoms with van der Waals surface area (Å²) in [4.78, 5) is 0. The Morgan fingerprint density at radius 2 is 1.92 bits per heavy atom. The summed E-state index contributed by atoms with van der Waals surface area (Å²) in [6.07, 6.45) is 0. The average molecular weight is 242 g/mol. The van der Waals surface area contributed by atoms with Crippen LogP contribution in [0.3, 0.4) is 0 Å². The van der Waals surface area contributed by atoms with Crippen LogP contribution in [0.5, 0.6) is 11.5 Å². The first-order valence-corrected chi connectivity index (χ1v) is 4.70. The van der Waals surface area contributed by atoms with E-state index >= 15 is 0 Å². The van der Waals surface area contributed by atoms with Crippen molar-refractivity contribution in [1.29, 1.82) is 0 Å². The van der Waals surface area contributed by atoms with E-state index in [2.05, 4.69) is 0 Å². The van der Waals surface area contributed by atoms with E-state index in [-0.39, 0.29) is 20.8 Å². The van der Waals surface area contributed by atoms with E-state index in [9.17, 15) is 5.11 Å². The Hall–Kier alpha value is -0.310. The second kappa shape index (κ2) is 4.27. The zero-order valence-electron chi connectivity index (χ0n) is 6.77. The van der Waals surface area contributed by atoms with E-state index < -0.39 is 0 Å². The predicted octanol–water partition coefficient (Wildman–Crippen LogP) is 3.75. The van der Waals surface area contributed by atoms with Gasteiger partial charge in [0.15, 0.2) is 5.75 Å². The Morgan fingerprint density at radius 1 is 1.31 bits per heavy atom. The molecule has 0 radical (unpaired) electrons. The average Bonchev–Trinajstić information content (AvgIpc) is 2.11. The van der Waals surface area contributed by atoms with Gasteiger partial charge in [0.1, 0.15) is 15.8 Å². The topological polar surface area (TPSA) is 29.5 Å². The molecule has 0 unspecified atom stereocenters. The van der Waals surface area contributed by atoms with E-state index in [0.29, 0.717) is 12.4 Å². The van der Waals surface area contributed by atoms with Crippen LogP contribution in [-0.2, 0) is 0 Å². The molecule has 1 aromatic carbocycles. The van der Waals surface area contributed by atoms with Crippen molar-refractivity contribution in [3.05, 3.63) is 21.1 Å². The van der Waals surface area contributed by atoms with Crippen molar-refractivity contribution in [1.82, 2.24) is 0 Å². The molecule has 72 valence electrons. The zero-order valence-corrected chi connectivity index (χ0v) is 9.04. The van der Waals surface area contributed by atoms with Gasteiger partial charge < -0.3 is 9.84 Å². The summed E-state index contributed by atoms with van der Waals surface area (Å²) in [5, 5.41) is 9.58. The van der Waals surface area contributed by atoms with Crippen LogP contribution in [0.15, 0.2) is 6.07 Å². The van der Waals surface area contributed by atoms with E-state index in [1.165, 1.54) is 6.07 Å². The molecule has 0 saturated carbocycles. The molecule has 0 aromatic heterocycles. The highest BCUT2D eigenvalue weighted by Crippen LogP contribution is 2.43. The van der Waals surface area contributed by atoms with Crippen molar-refractivity contribution >= 4 is 34.8 Å². The molecular formula is C8H7Cl3O2. The standard InChI is InChI=1S/C8H7Cl3O2/c1-2-13-5-3-4(9)8(12)7(11)6(5)10/h3,12H,2H2,1H3. The Labute approximate surface area is 91.0 Å². The van der Waals surface area contributed by atoms with Gasteiger partial charge in [-0.2, -0.15) is 0 Å². The molecule has 0 aliphatic heterocycles. The third-order valence-corrected chi connectivity index (χ3v) is 2.53. The summed E-state index contributed by atoms with van der Waals surface area (Å²) in [5.41, 5.74) is 0. The van der Waals surface area contributed by atoms with Crippen LogP contribution in [0.4, 0.5) is 0 Å². The largest absolute Gasteiger partial charge is 0.505 e. The first-order chi connectivity index (χ1) is 6.07. The van der Waals surface area contributed by atoms with Crippen molar-refractivity contribution in [3.63, 3.8) is 0 Å². The zero-order chi connectivity index (χ0) is 10.0. The summed E-state index contributed by atoms with van der Waals surface area (Å²) >= 11 is 17.1. The molecule has 1 aromatic rings. The van der Waals surface area contributed by atoms with Crippen molar-refractivity contribution in [3.8, 4) is 11.5 Å². The lowest BCUT2D eigenvalue weighted by molar-refractivity contribution is 0.339. The number of ether oxygens (including phenoxy) is 1. The number of hydrogen-bond acceptors (Lipinski definition) is 2. The van der Waals surface area contributed by atoms with Gasteiger partial charge in [-0.1, -0.05) is 34.8 Å². The number of phenolic OH excluding ortho intramolecular Hbond substituents is 1. The normalized spacial score (nSPS) is 10.2. The van der Waals surface area contributed by atoms with Gasteiger partial charge in [-0.3, -0.25) is 0 Å². The van der Waals surface area contributed by atoms with Gasteiger partial charge in [0.25, 0.3) is 0 Å². The highest BCUT2D eigenvalue weighted by Gasteiger charge is 2.14. The third kappa shape index (κ3) is 2.13. The summed E-state index contributed by atoms with van der Waals surface area (Å²) in [7, 11) is 0. The fraction of sp³-hybridized carbons (Fsp3) is 0.250. The highest BCUT2D eigenvalue weighted by atomic mass is 35.5. The molecule has 0 heterocycles. The first-order valence-electron chi connectivity index (χ1n) is 3.57. The van der Waals surface area contributed by atoms with Crippen LogP contribution in [0.25, 0.3) is 0 Å². The molecule has 0 fully saturated rings. The number of rotatable bonds is 2. The molecule has 2 nitrogen and oxygen atoms in total. The second-order valence-corrected chi connectivity index (χ2v) is 3.43. The molecule has 0 bridgehead atoms. The molecule has 0 saturated heterocycles. The van der Waals surface area contributed by atoms with Gasteiger partial charge in [-0.25, -0.2) is 0 Å². The van der Waals surface area contributed by atoms with Crippen LogP contribution >= 0.6 is 34.8 Å². The molecule has 0 aliphatic rings. The highest BCUT2D eigenvalue weighted by molar-refractivity contribution is 6.45. The molecule has 1 rings (SSSR count). The van der Waals surface area contributed by atoms with Crippen LogP contribution in [0.2, 0.25) is 15.1 Å². The van der Waals surface area contributed by atoms with Crippen LogP contribution in [0, 0.1) is 0 Å². The van der Waals surface area contributed by atoms with Crippen LogP contribution < -0.4 is 4.74 Å². The van der Waals surface area contributed by atoms with E-state index in [1.54, 1.807) is 0 Å². The Bertz CT molecular complexity index is 326. The number of aromatic hydroxyl groups is 1. The molecule has 0 amide bonds. The quantitative estimate of drug-likeness (QED) is 0.799. The molecule has 0 atom stereocenters. The lowest BCUT2D eigenvalue weighted by Gasteiger charge is -2.08. The smallest absolute Gasteiger partial charge is 0.154 e. The van der Waals surface area contributed by atoms with Crippen molar-refractivity contribution in [2.75, 3.05) is 6.61 Å². The Kier molecular flexibility index (Phi) is 3.54. The maximum absolute atomic E-state index is 9.28. The van der Waals surface area contributed by atoms with Crippen LogP contribution in [-0.4, -0.2) is 11.7 Å². The minimum Gasteiger partial charge on any atom is -0.505 e. The van der Waals surface area contributed by atoms with Gasteiger partial charge in [0, 0.05) is 6.07 Å². The second-order valence-electron chi connectivity index (χ2n) is 2.27. The van der Waals surface area contributed by atoms with Crippen molar-refractivity contribution in [2.45, 2.75) is 6.92 Å². The third-order valence-electron chi connectivity index (χ3n) is 1.40. The minimum atomic E-state index is -0.225. The Balaban J connectivity index is 3.24. The number of benzene rings is 1. The van der Waals surface area contributed by atoms with Gasteiger partial charge in [0.2, 0.25) is 0 Å². The Morgan fingerprint density at radius 3 is 2.46 bits per heavy atom. The monoisotopic (exact) mass is 240 g/mol. The van der Waals surface area contributed by atoms with Crippen LogP contribution in [0.1, 0.15) is 6.92 Å². The SMILES string of the molecule is CCOc1cc(Cl)c(O)c(Cl)c1Cl. The van der Waals surface area contributed by atoms with Gasteiger partial charge in [-0.05, 0) is 6.92 Å². The van der Waals surface area contributed by atoms with Gasteiger partial charge >= 0.3 is 0 Å². The summed E-state index contributed by atoms with van der Waals surface area (Å²) in [5.74, 6) is 0.147. The number of phenols is 1. The molecule has 0 aliphatic carbocycles. The van der Waals surface area contributed by atoms with Crippen molar-refractivity contribution in [2.24, 2.45) is 0 Å². The van der Waals surface area contributed by atoms with Gasteiger partial charge in [0.05, 0.1) is 11.6 Å². The maximum Gasteiger partial charge on any atom is 0.154 e. The number of hydrogen-bond donors (Lipinski definition) is 1. The summed E-state index contributed by atoms with van der Waals surface area (Å²) in [6.45, 7) is 2.27. The fourth-order valence-electron chi connectivity index (χ4n) is 0.824. The summed E-state index contributed by atoms with van der Waals surface area (Å²) < 4.78 is 5.14. The predicted molar refractivity (Wildman–Crippen MR) is 54.3 cm³/mol. The van der Waals surface area contributed by atoms with E-state index in [0.717, 1.165) is 0 Å². The lowest BCUT2D eigenvalue weighted by atomic mass is 10.3. The fourth-order valence-corrected chi connectivity index (χ4v) is 1.46. The lowest BCUT2D eigenvalue weighted by Crippen LogP contribution is -1.92. The van der Waals surface area contributed by atoms with E-state index in [4.69, 9.17) is 39.5 Å². The molecule has 5 heteroatoms. The minimum absolute atomic E-state index is 0.0117. The van der Waals surface area contributed by atoms with E-state index in [1.807, 2.05) is 6.92 Å². The van der Waals surface area contributed by atoms with Crippen molar-refractivity contribution < 1.29 is 9.84 Å². The number of halogens is 3. The van der Waals surface area contributed by atoms with Gasteiger partial charge in [-0.15, -0.1) is 0 Å².